The third-order valence-electron chi connectivity index (χ3n) is 6.15. The maximum absolute atomic E-state index is 14.5. The van der Waals surface area contributed by atoms with E-state index in [1.807, 2.05) is 0 Å². The number of halogens is 7. The van der Waals surface area contributed by atoms with E-state index in [0.717, 1.165) is 37.1 Å². The third kappa shape index (κ3) is 7.15. The molecule has 1 unspecified atom stereocenters. The Balaban J connectivity index is 1.55. The first-order valence-corrected chi connectivity index (χ1v) is 11.6. The minimum absolute atomic E-state index is 0.0530. The highest BCUT2D eigenvalue weighted by Gasteiger charge is 2.33. The fourth-order valence-corrected chi connectivity index (χ4v) is 3.97. The number of aliphatic hydroxyl groups excluding tert-OH is 1. The summed E-state index contributed by atoms with van der Waals surface area (Å²) in [6.45, 7) is -0.339. The maximum atomic E-state index is 14.5. The van der Waals surface area contributed by atoms with E-state index in [2.05, 4.69) is 0 Å². The number of benzene rings is 3. The second kappa shape index (κ2) is 10.6. The monoisotopic (exact) mass is 527 g/mol. The largest absolute Gasteiger partial charge is 0.489 e. The molecule has 1 atom stereocenters. The van der Waals surface area contributed by atoms with Crippen molar-refractivity contribution in [2.45, 2.75) is 44.4 Å². The van der Waals surface area contributed by atoms with Gasteiger partial charge in [0.25, 0.3) is 0 Å². The third-order valence-corrected chi connectivity index (χ3v) is 6.15. The van der Waals surface area contributed by atoms with E-state index in [0.29, 0.717) is 23.1 Å². The summed E-state index contributed by atoms with van der Waals surface area (Å²) in [5.41, 5.74) is -1.21. The summed E-state index contributed by atoms with van der Waals surface area (Å²) < 4.78 is 98.7. The van der Waals surface area contributed by atoms with E-state index in [1.165, 1.54) is 12.1 Å². The molecule has 0 amide bonds. The van der Waals surface area contributed by atoms with Crippen molar-refractivity contribution in [2.24, 2.45) is 5.92 Å². The fourth-order valence-electron chi connectivity index (χ4n) is 3.97. The van der Waals surface area contributed by atoms with Crippen LogP contribution in [0.3, 0.4) is 0 Å². The van der Waals surface area contributed by atoms with Crippen LogP contribution in [0.4, 0.5) is 36.4 Å². The molecular formula is C27H24F7NO2. The first-order valence-electron chi connectivity index (χ1n) is 11.6. The Morgan fingerprint density at radius 1 is 0.865 bits per heavy atom. The number of nitrogens with zero attached hydrogens (tertiary/aromatic N) is 1. The molecule has 0 aromatic heterocycles. The topological polar surface area (TPSA) is 32.7 Å². The van der Waals surface area contributed by atoms with Crippen LogP contribution in [-0.2, 0) is 25.5 Å². The number of hydrogen-bond acceptors (Lipinski definition) is 3. The van der Waals surface area contributed by atoms with Crippen molar-refractivity contribution in [3.8, 4) is 5.75 Å². The minimum Gasteiger partial charge on any atom is -0.489 e. The van der Waals surface area contributed by atoms with Crippen molar-refractivity contribution >= 4 is 5.69 Å². The molecule has 3 aromatic rings. The lowest BCUT2D eigenvalue weighted by atomic mass is 10.1. The van der Waals surface area contributed by atoms with Crippen molar-refractivity contribution in [2.75, 3.05) is 11.4 Å². The van der Waals surface area contributed by atoms with Gasteiger partial charge in [0.1, 0.15) is 18.2 Å². The van der Waals surface area contributed by atoms with E-state index >= 15 is 0 Å². The Morgan fingerprint density at radius 3 is 2.22 bits per heavy atom. The summed E-state index contributed by atoms with van der Waals surface area (Å²) >= 11 is 0. The van der Waals surface area contributed by atoms with Crippen LogP contribution in [-0.4, -0.2) is 17.8 Å². The van der Waals surface area contributed by atoms with Crippen molar-refractivity contribution in [3.05, 3.63) is 94.8 Å². The van der Waals surface area contributed by atoms with Gasteiger partial charge in [0, 0.05) is 30.4 Å². The lowest BCUT2D eigenvalue weighted by Crippen LogP contribution is -2.33. The second-order valence-electron chi connectivity index (χ2n) is 9.07. The van der Waals surface area contributed by atoms with Gasteiger partial charge >= 0.3 is 12.4 Å². The molecule has 3 aromatic carbocycles. The Kier molecular flexibility index (Phi) is 7.68. The molecule has 1 aliphatic carbocycles. The van der Waals surface area contributed by atoms with Gasteiger partial charge < -0.3 is 14.7 Å². The molecular weight excluding hydrogens is 503 g/mol. The number of hydrogen-bond donors (Lipinski definition) is 1. The van der Waals surface area contributed by atoms with Gasteiger partial charge in [0.05, 0.1) is 17.2 Å². The van der Waals surface area contributed by atoms with Crippen molar-refractivity contribution < 1.29 is 40.6 Å². The van der Waals surface area contributed by atoms with Crippen LogP contribution in [0.1, 0.15) is 35.1 Å². The van der Waals surface area contributed by atoms with Crippen LogP contribution in [0.5, 0.6) is 5.75 Å². The highest BCUT2D eigenvalue weighted by atomic mass is 19.4. The highest BCUT2D eigenvalue weighted by molar-refractivity contribution is 5.52. The predicted octanol–water partition coefficient (Wildman–Crippen LogP) is 7.22. The summed E-state index contributed by atoms with van der Waals surface area (Å²) in [6, 6.07) is 13.3. The SMILES string of the molecule is OC(CN(Cc1cc(C(F)(F)F)ccc1F)c1cccc(OCc2cccc(C(F)(F)F)c2)c1)C1CC1. The minimum atomic E-state index is -4.64. The van der Waals surface area contributed by atoms with Crippen molar-refractivity contribution in [1.29, 1.82) is 0 Å². The van der Waals surface area contributed by atoms with E-state index in [1.54, 1.807) is 29.2 Å². The van der Waals surface area contributed by atoms with E-state index < -0.39 is 35.4 Å². The summed E-state index contributed by atoms with van der Waals surface area (Å²) in [5.74, 6) is -0.449. The quantitative estimate of drug-likeness (QED) is 0.298. The molecule has 1 aliphatic rings. The zero-order chi connectivity index (χ0) is 26.8. The van der Waals surface area contributed by atoms with Crippen LogP contribution in [0.2, 0.25) is 0 Å². The molecule has 0 saturated heterocycles. The normalized spacial score (nSPS) is 14.9. The highest BCUT2D eigenvalue weighted by Crippen LogP contribution is 2.35. The smallest absolute Gasteiger partial charge is 0.416 e. The number of anilines is 1. The van der Waals surface area contributed by atoms with Crippen LogP contribution >= 0.6 is 0 Å². The number of ether oxygens (including phenoxy) is 1. The van der Waals surface area contributed by atoms with Gasteiger partial charge in [-0.15, -0.1) is 0 Å². The molecule has 0 aliphatic heterocycles. The van der Waals surface area contributed by atoms with Crippen LogP contribution in [0.15, 0.2) is 66.7 Å². The Bertz CT molecular complexity index is 1220. The lowest BCUT2D eigenvalue weighted by Gasteiger charge is -2.28. The Hall–Kier alpha value is -3.27. The molecule has 198 valence electrons. The number of aliphatic hydroxyl groups is 1. The predicted molar refractivity (Wildman–Crippen MR) is 123 cm³/mol. The molecule has 1 fully saturated rings. The molecule has 0 radical (unpaired) electrons. The van der Waals surface area contributed by atoms with E-state index in [-0.39, 0.29) is 31.2 Å². The van der Waals surface area contributed by atoms with Crippen molar-refractivity contribution in [3.63, 3.8) is 0 Å². The molecule has 4 rings (SSSR count). The van der Waals surface area contributed by atoms with Crippen LogP contribution in [0.25, 0.3) is 0 Å². The number of alkyl halides is 6. The van der Waals surface area contributed by atoms with Gasteiger partial charge in [0.2, 0.25) is 0 Å². The molecule has 0 spiro atoms. The van der Waals surface area contributed by atoms with Gasteiger partial charge in [0.15, 0.2) is 0 Å². The van der Waals surface area contributed by atoms with Gasteiger partial charge in [-0.2, -0.15) is 26.3 Å². The average molecular weight is 527 g/mol. The molecule has 3 nitrogen and oxygen atoms in total. The van der Waals surface area contributed by atoms with Gasteiger partial charge in [-0.1, -0.05) is 18.2 Å². The molecule has 0 bridgehead atoms. The maximum Gasteiger partial charge on any atom is 0.416 e. The summed E-state index contributed by atoms with van der Waals surface area (Å²) in [5, 5.41) is 10.5. The van der Waals surface area contributed by atoms with E-state index in [9.17, 15) is 35.8 Å². The molecule has 1 N–H and O–H groups in total. The fraction of sp³-hybridized carbons (Fsp3) is 0.333. The zero-order valence-electron chi connectivity index (χ0n) is 19.5. The summed E-state index contributed by atoms with van der Waals surface area (Å²) in [7, 11) is 0. The second-order valence-corrected chi connectivity index (χ2v) is 9.07. The standard InChI is InChI=1S/C27H24F7NO2/c28-24-10-9-21(27(32,33)34)12-19(24)14-35(15-25(36)18-7-8-18)22-5-2-6-23(13-22)37-16-17-3-1-4-20(11-17)26(29,30)31/h1-6,9-13,18,25,36H,7-8,14-16H2. The lowest BCUT2D eigenvalue weighted by molar-refractivity contribution is -0.138. The van der Waals surface area contributed by atoms with Crippen LogP contribution in [0, 0.1) is 11.7 Å². The molecule has 0 heterocycles. The first kappa shape index (κ1) is 26.8. The first-order chi connectivity index (χ1) is 17.4. The van der Waals surface area contributed by atoms with E-state index in [4.69, 9.17) is 4.74 Å². The zero-order valence-corrected chi connectivity index (χ0v) is 19.5. The van der Waals surface area contributed by atoms with Gasteiger partial charge in [-0.25, -0.2) is 4.39 Å². The summed E-state index contributed by atoms with van der Waals surface area (Å²) in [6.07, 6.45) is -8.24. The Labute approximate surface area is 209 Å². The molecule has 10 heteroatoms. The molecule has 1 saturated carbocycles. The Morgan fingerprint density at radius 2 is 1.54 bits per heavy atom. The van der Waals surface area contributed by atoms with Crippen LogP contribution < -0.4 is 9.64 Å². The number of rotatable bonds is 9. The van der Waals surface area contributed by atoms with Gasteiger partial charge in [-0.3, -0.25) is 0 Å². The molecule has 37 heavy (non-hydrogen) atoms. The summed E-state index contributed by atoms with van der Waals surface area (Å²) in [4.78, 5) is 1.57. The average Bonchev–Trinajstić information content (AvgIpc) is 3.68. The van der Waals surface area contributed by atoms with Crippen molar-refractivity contribution in [1.82, 2.24) is 0 Å². The van der Waals surface area contributed by atoms with Gasteiger partial charge in [-0.05, 0) is 66.8 Å².